The number of hydrogen-bond donors (Lipinski definition) is 0. The molecule has 0 aromatic carbocycles. The number of hydrogen-bond acceptors (Lipinski definition) is 0. The van der Waals surface area contributed by atoms with Crippen molar-refractivity contribution in [3.63, 3.8) is 0 Å². The van der Waals surface area contributed by atoms with Gasteiger partial charge in [0, 0.05) is 0 Å². The quantitative estimate of drug-likeness (QED) is 0.577. The third kappa shape index (κ3) is 0.0927. The normalized spacial score (nSPS) is 118. The second kappa shape index (κ2) is 0.766. The molecule has 0 bridgehead atoms. The molecule has 10 rings (SSSR count). The van der Waals surface area contributed by atoms with E-state index >= 15 is 0 Å². The Balaban J connectivity index is 0.000000133. The van der Waals surface area contributed by atoms with Gasteiger partial charge in [-0.2, -0.15) is 67.5 Å². The topological polar surface area (TPSA) is 0 Å². The average Bonchev–Trinajstić information content (AvgIpc) is 3.01. The first kappa shape index (κ1) is 11.0. The summed E-state index contributed by atoms with van der Waals surface area (Å²) < 4.78 is 0. The van der Waals surface area contributed by atoms with Crippen molar-refractivity contribution in [1.29, 1.82) is 0 Å². The molecule has 0 radical (unpaired) electrons. The molecule has 0 aromatic rings. The van der Waals surface area contributed by atoms with Crippen molar-refractivity contribution < 1.29 is 6.51 Å². The van der Waals surface area contributed by atoms with Gasteiger partial charge in [-0.3, -0.25) is 0 Å². The summed E-state index contributed by atoms with van der Waals surface area (Å²) in [6, 6.07) is 0. The molecule has 10 aliphatic rings. The van der Waals surface area contributed by atoms with Gasteiger partial charge >= 0.3 is 54.7 Å². The Bertz CT molecular complexity index is 587. The molecule has 10 heterocycles. The monoisotopic (exact) mass is 356 g/mol. The molecule has 0 unspecified atom stereocenters. The van der Waals surface area contributed by atoms with Gasteiger partial charge in [0.1, 0.15) is 0 Å². The van der Waals surface area contributed by atoms with Crippen molar-refractivity contribution in [3.05, 3.63) is 0 Å². The van der Waals surface area contributed by atoms with E-state index < -0.39 is 6.51 Å². The maximum absolute atomic E-state index is 2.28. The molecule has 0 atom stereocenters. The number of rotatable bonds is 0. The van der Waals surface area contributed by atoms with Gasteiger partial charge in [0.15, 0.2) is 0 Å². The van der Waals surface area contributed by atoms with E-state index in [1.54, 1.807) is 48.2 Å². The van der Waals surface area contributed by atoms with E-state index in [0.717, 1.165) is 0 Å². The van der Waals surface area contributed by atoms with Gasteiger partial charge in [0.2, 0.25) is 0 Å². The molecule has 0 saturated carbocycles. The average molecular weight is 356 g/mol. The summed E-state index contributed by atoms with van der Waals surface area (Å²) in [5.41, 5.74) is 0. The van der Waals surface area contributed by atoms with Gasteiger partial charge in [-0.25, -0.2) is 0 Å². The number of fused-ring (bicyclic) bond motifs is 10. The summed E-state index contributed by atoms with van der Waals surface area (Å²) in [5.74, 6) is 0. The SMILES string of the molecule is S.S.S.S.S.[CH]12[CH]3[CH]4[CH]5[CH]1[Fe]23451678[CH]2[CH]1[CH]6[CH]7[CH]28. The Labute approximate surface area is 121 Å². The van der Waals surface area contributed by atoms with Crippen LogP contribution in [0.5, 0.6) is 0 Å². The minimum atomic E-state index is -2.28. The van der Waals surface area contributed by atoms with Crippen LogP contribution in [0.25, 0.3) is 0 Å². The predicted octanol–water partition coefficient (Wildman–Crippen LogP) is 3.94. The molecular formula is C10H20FeS5. The molecule has 10 saturated heterocycles. The zero-order valence-electron chi connectivity index (χ0n) is 8.63. The second-order valence-electron chi connectivity index (χ2n) is 9.58. The van der Waals surface area contributed by atoms with Crippen LogP contribution in [0.4, 0.5) is 0 Å². The molecule has 10 aliphatic heterocycles. The van der Waals surface area contributed by atoms with Crippen LogP contribution in [0.2, 0.25) is 48.2 Å². The van der Waals surface area contributed by atoms with Gasteiger partial charge in [-0.05, 0) is 0 Å². The Morgan fingerprint density at radius 3 is 0.438 bits per heavy atom. The summed E-state index contributed by atoms with van der Waals surface area (Å²) >= 11 is 0. The van der Waals surface area contributed by atoms with Crippen LogP contribution in [-0.4, -0.2) is 0 Å². The fraction of sp³-hybridized carbons (Fsp3) is 1.00. The van der Waals surface area contributed by atoms with Crippen LogP contribution >= 0.6 is 67.5 Å². The van der Waals surface area contributed by atoms with Crippen LogP contribution in [0.15, 0.2) is 0 Å². The molecule has 0 nitrogen and oxygen atoms in total. The van der Waals surface area contributed by atoms with E-state index in [0.29, 0.717) is 0 Å². The molecule has 16 heavy (non-hydrogen) atoms. The molecule has 0 aromatic heterocycles. The standard InChI is InChI=1S/2C5H5.Fe.5H2S/c2*1-2-4-5-3-1;;;;;;/h2*1-5H;;5*1H2. The van der Waals surface area contributed by atoms with Crippen molar-refractivity contribution in [3.8, 4) is 0 Å². The Morgan fingerprint density at radius 1 is 0.312 bits per heavy atom. The first-order valence-electron chi connectivity index (χ1n) is 5.37. The molecule has 10 fully saturated rings. The van der Waals surface area contributed by atoms with E-state index in [4.69, 9.17) is 0 Å². The third-order valence-electron chi connectivity index (χ3n) is 14.5. The second-order valence-corrected chi connectivity index (χ2v) is 33.5. The van der Waals surface area contributed by atoms with Crippen molar-refractivity contribution >= 4 is 67.5 Å². The van der Waals surface area contributed by atoms with E-state index in [1.165, 1.54) is 0 Å². The van der Waals surface area contributed by atoms with E-state index in [2.05, 4.69) is 0 Å². The van der Waals surface area contributed by atoms with E-state index in [-0.39, 0.29) is 67.5 Å². The van der Waals surface area contributed by atoms with Gasteiger partial charge in [0.05, 0.1) is 0 Å². The van der Waals surface area contributed by atoms with Gasteiger partial charge in [-0.15, -0.1) is 0 Å². The third-order valence-corrected chi connectivity index (χ3v) is 56.5. The Hall–Kier alpha value is 2.27. The fourth-order valence-electron chi connectivity index (χ4n) is 15.8. The van der Waals surface area contributed by atoms with Crippen molar-refractivity contribution in [2.75, 3.05) is 0 Å². The molecule has 0 amide bonds. The van der Waals surface area contributed by atoms with Crippen molar-refractivity contribution in [2.24, 2.45) is 0 Å². The predicted molar refractivity (Wildman–Crippen MR) is 89.4 cm³/mol. The summed E-state index contributed by atoms with van der Waals surface area (Å²) in [4.78, 5) is 15.9. The van der Waals surface area contributed by atoms with E-state index in [1.807, 2.05) is 0 Å². The van der Waals surface area contributed by atoms with Gasteiger partial charge < -0.3 is 0 Å². The van der Waals surface area contributed by atoms with Gasteiger partial charge in [-0.1, -0.05) is 0 Å². The summed E-state index contributed by atoms with van der Waals surface area (Å²) in [5, 5.41) is 0. The van der Waals surface area contributed by atoms with Crippen LogP contribution in [-0.2, 0) is 6.51 Å². The summed E-state index contributed by atoms with van der Waals surface area (Å²) in [6.45, 7) is -2.28. The first-order valence-corrected chi connectivity index (χ1v) is 11.7. The first-order chi connectivity index (χ1) is 5.16. The van der Waals surface area contributed by atoms with E-state index in [9.17, 15) is 0 Å². The Morgan fingerprint density at radius 2 is 0.438 bits per heavy atom. The molecular weight excluding hydrogens is 336 g/mol. The Kier molecular flexibility index (Phi) is 0.526. The van der Waals surface area contributed by atoms with Crippen LogP contribution in [0.3, 0.4) is 0 Å². The van der Waals surface area contributed by atoms with Crippen LogP contribution in [0, 0.1) is 0 Å². The summed E-state index contributed by atoms with van der Waals surface area (Å²) in [6.07, 6.45) is 0. The molecule has 1 spiro atoms. The molecule has 6 heteroatoms. The van der Waals surface area contributed by atoms with Crippen molar-refractivity contribution in [1.82, 2.24) is 0 Å². The van der Waals surface area contributed by atoms with Crippen LogP contribution in [0.1, 0.15) is 0 Å². The molecule has 0 N–H and O–H groups in total. The maximum atomic E-state index is 1.59. The van der Waals surface area contributed by atoms with Crippen LogP contribution < -0.4 is 0 Å². The summed E-state index contributed by atoms with van der Waals surface area (Å²) in [7, 11) is 0. The fourth-order valence-corrected chi connectivity index (χ4v) is 88.0. The van der Waals surface area contributed by atoms with Crippen molar-refractivity contribution in [2.45, 2.75) is 48.2 Å². The molecule has 0 aliphatic carbocycles. The van der Waals surface area contributed by atoms with Gasteiger partial charge in [0.25, 0.3) is 0 Å². The zero-order chi connectivity index (χ0) is 6.09. The molecule has 98 valence electrons. The zero-order valence-corrected chi connectivity index (χ0v) is 14.7. The minimum absolute atomic E-state index is 0.